The van der Waals surface area contributed by atoms with E-state index < -0.39 is 15.9 Å². The maximum atomic E-state index is 12.5. The molecule has 0 bridgehead atoms. The number of primary sulfonamides is 1. The van der Waals surface area contributed by atoms with Crippen molar-refractivity contribution in [3.63, 3.8) is 0 Å². The number of carbonyl (C=O) groups excluding carboxylic acids is 1. The van der Waals surface area contributed by atoms with Gasteiger partial charge in [-0.2, -0.15) is 0 Å². The summed E-state index contributed by atoms with van der Waals surface area (Å²) in [4.78, 5) is 12.3. The second-order valence-corrected chi connectivity index (χ2v) is 7.46. The lowest BCUT2D eigenvalue weighted by Crippen LogP contribution is -2.16. The number of benzene rings is 2. The van der Waals surface area contributed by atoms with E-state index in [1.165, 1.54) is 32.4 Å². The van der Waals surface area contributed by atoms with Gasteiger partial charge in [0.05, 0.1) is 20.8 Å². The van der Waals surface area contributed by atoms with Crippen molar-refractivity contribution in [2.24, 2.45) is 5.14 Å². The molecule has 28 heavy (non-hydrogen) atoms. The highest BCUT2D eigenvalue weighted by molar-refractivity contribution is 7.89. The van der Waals surface area contributed by atoms with Crippen LogP contribution in [0.4, 0.5) is 5.69 Å². The fourth-order valence-electron chi connectivity index (χ4n) is 2.43. The first-order valence-corrected chi connectivity index (χ1v) is 10.2. The summed E-state index contributed by atoms with van der Waals surface area (Å²) in [6.07, 6.45) is 1.92. The minimum atomic E-state index is -4.01. The van der Waals surface area contributed by atoms with Crippen LogP contribution in [0.25, 0.3) is 0 Å². The lowest BCUT2D eigenvalue weighted by atomic mass is 10.1. The van der Waals surface area contributed by atoms with E-state index >= 15 is 0 Å². The number of amides is 1. The Bertz CT molecular complexity index is 943. The minimum absolute atomic E-state index is 0.0933. The summed E-state index contributed by atoms with van der Waals surface area (Å²) in [6, 6.07) is 8.99. The Morgan fingerprint density at radius 3 is 2.32 bits per heavy atom. The van der Waals surface area contributed by atoms with Gasteiger partial charge in [-0.3, -0.25) is 4.79 Å². The highest BCUT2D eigenvalue weighted by Gasteiger charge is 2.17. The minimum Gasteiger partial charge on any atom is -0.495 e. The van der Waals surface area contributed by atoms with E-state index in [4.69, 9.17) is 19.3 Å². The molecule has 0 aliphatic heterocycles. The molecule has 0 radical (unpaired) electrons. The van der Waals surface area contributed by atoms with Gasteiger partial charge in [0.1, 0.15) is 10.6 Å². The van der Waals surface area contributed by atoms with Crippen molar-refractivity contribution in [3.8, 4) is 17.2 Å². The predicted molar refractivity (Wildman–Crippen MR) is 106 cm³/mol. The van der Waals surface area contributed by atoms with E-state index in [2.05, 4.69) is 12.2 Å². The fourth-order valence-corrected chi connectivity index (χ4v) is 3.16. The summed E-state index contributed by atoms with van der Waals surface area (Å²) in [5.74, 6) is 0.636. The molecule has 152 valence electrons. The number of carbonyl (C=O) groups is 1. The average molecular weight is 408 g/mol. The Morgan fingerprint density at radius 1 is 1.04 bits per heavy atom. The number of hydrogen-bond donors (Lipinski definition) is 2. The van der Waals surface area contributed by atoms with E-state index in [0.717, 1.165) is 12.8 Å². The predicted octanol–water partition coefficient (Wildman–Crippen LogP) is 2.78. The van der Waals surface area contributed by atoms with E-state index in [9.17, 15) is 13.2 Å². The average Bonchev–Trinajstić information content (AvgIpc) is 2.67. The van der Waals surface area contributed by atoms with Gasteiger partial charge in [-0.1, -0.05) is 13.3 Å². The molecular weight excluding hydrogens is 384 g/mol. The maximum Gasteiger partial charge on any atom is 0.255 e. The van der Waals surface area contributed by atoms with Gasteiger partial charge in [-0.15, -0.1) is 0 Å². The van der Waals surface area contributed by atoms with Gasteiger partial charge in [-0.05, 0) is 42.8 Å². The van der Waals surface area contributed by atoms with E-state index in [0.29, 0.717) is 23.7 Å². The van der Waals surface area contributed by atoms with Crippen LogP contribution in [-0.4, -0.2) is 35.2 Å². The SMILES string of the molecule is CCCCOc1ccc(C(=O)Nc2ccc(OC)c(S(N)(=O)=O)c2)cc1OC. The third-order valence-electron chi connectivity index (χ3n) is 3.91. The molecule has 2 rings (SSSR count). The number of nitrogens with two attached hydrogens (primary N) is 1. The largest absolute Gasteiger partial charge is 0.495 e. The van der Waals surface area contributed by atoms with Gasteiger partial charge in [0, 0.05) is 11.3 Å². The molecule has 0 aliphatic carbocycles. The van der Waals surface area contributed by atoms with E-state index in [1.54, 1.807) is 18.2 Å². The van der Waals surface area contributed by atoms with Crippen LogP contribution in [0.5, 0.6) is 17.2 Å². The monoisotopic (exact) mass is 408 g/mol. The first-order chi connectivity index (χ1) is 13.3. The Kier molecular flexibility index (Phi) is 7.24. The third kappa shape index (κ3) is 5.37. The van der Waals surface area contributed by atoms with E-state index in [-0.39, 0.29) is 16.3 Å². The van der Waals surface area contributed by atoms with E-state index in [1.807, 2.05) is 0 Å². The van der Waals surface area contributed by atoms with Crippen LogP contribution in [0.3, 0.4) is 0 Å². The Balaban J connectivity index is 2.23. The summed E-state index contributed by atoms with van der Waals surface area (Å²) < 4.78 is 39.3. The number of hydrogen-bond acceptors (Lipinski definition) is 6. The number of nitrogens with one attached hydrogen (secondary N) is 1. The third-order valence-corrected chi connectivity index (χ3v) is 4.84. The van der Waals surface area contributed by atoms with Gasteiger partial charge in [0.25, 0.3) is 5.91 Å². The molecule has 2 aromatic carbocycles. The molecule has 0 spiro atoms. The van der Waals surface area contributed by atoms with Crippen molar-refractivity contribution in [2.45, 2.75) is 24.7 Å². The van der Waals surface area contributed by atoms with Crippen LogP contribution < -0.4 is 24.7 Å². The van der Waals surface area contributed by atoms with Crippen LogP contribution in [0.2, 0.25) is 0 Å². The molecule has 9 heteroatoms. The van der Waals surface area contributed by atoms with Crippen molar-refractivity contribution in [2.75, 3.05) is 26.1 Å². The molecular formula is C19H24N2O6S. The molecule has 0 aromatic heterocycles. The second-order valence-electron chi connectivity index (χ2n) is 5.93. The Morgan fingerprint density at radius 2 is 1.71 bits per heavy atom. The van der Waals surface area contributed by atoms with Crippen LogP contribution in [0, 0.1) is 0 Å². The van der Waals surface area contributed by atoms with Crippen LogP contribution >= 0.6 is 0 Å². The van der Waals surface area contributed by atoms with Crippen molar-refractivity contribution in [1.29, 1.82) is 0 Å². The van der Waals surface area contributed by atoms with Crippen molar-refractivity contribution in [3.05, 3.63) is 42.0 Å². The number of sulfonamides is 1. The number of unbranched alkanes of at least 4 members (excludes halogenated alkanes) is 1. The molecule has 0 heterocycles. The number of ether oxygens (including phenoxy) is 3. The summed E-state index contributed by atoms with van der Waals surface area (Å²) in [5, 5.41) is 7.83. The van der Waals surface area contributed by atoms with Gasteiger partial charge >= 0.3 is 0 Å². The molecule has 1 amide bonds. The van der Waals surface area contributed by atoms with Gasteiger partial charge in [-0.25, -0.2) is 13.6 Å². The smallest absolute Gasteiger partial charge is 0.255 e. The van der Waals surface area contributed by atoms with Crippen LogP contribution in [0.1, 0.15) is 30.1 Å². The highest BCUT2D eigenvalue weighted by Crippen LogP contribution is 2.30. The molecule has 8 nitrogen and oxygen atoms in total. The van der Waals surface area contributed by atoms with Crippen LogP contribution in [0.15, 0.2) is 41.3 Å². The first-order valence-electron chi connectivity index (χ1n) is 8.63. The summed E-state index contributed by atoms with van der Waals surface area (Å²) in [6.45, 7) is 2.62. The summed E-state index contributed by atoms with van der Waals surface area (Å²) in [7, 11) is -1.19. The number of rotatable bonds is 9. The maximum absolute atomic E-state index is 12.5. The Labute approximate surface area is 164 Å². The van der Waals surface area contributed by atoms with Crippen LogP contribution in [-0.2, 0) is 10.0 Å². The van der Waals surface area contributed by atoms with Gasteiger partial charge in [0.2, 0.25) is 10.0 Å². The molecule has 2 aromatic rings. The summed E-state index contributed by atoms with van der Waals surface area (Å²) >= 11 is 0. The normalized spacial score (nSPS) is 11.0. The van der Waals surface area contributed by atoms with Gasteiger partial charge in [0.15, 0.2) is 11.5 Å². The molecule has 0 saturated heterocycles. The molecule has 0 saturated carbocycles. The van der Waals surface area contributed by atoms with Crippen molar-refractivity contribution < 1.29 is 27.4 Å². The number of anilines is 1. The highest BCUT2D eigenvalue weighted by atomic mass is 32.2. The van der Waals surface area contributed by atoms with Crippen molar-refractivity contribution in [1.82, 2.24) is 0 Å². The first kappa shape index (κ1) is 21.5. The quantitative estimate of drug-likeness (QED) is 0.616. The zero-order valence-corrected chi connectivity index (χ0v) is 16.8. The lowest BCUT2D eigenvalue weighted by Gasteiger charge is -2.13. The zero-order chi connectivity index (χ0) is 20.7. The molecule has 0 fully saturated rings. The molecule has 0 atom stereocenters. The molecule has 3 N–H and O–H groups in total. The lowest BCUT2D eigenvalue weighted by molar-refractivity contribution is 0.102. The Hall–Kier alpha value is -2.78. The topological polar surface area (TPSA) is 117 Å². The van der Waals surface area contributed by atoms with Gasteiger partial charge < -0.3 is 19.5 Å². The summed E-state index contributed by atoms with van der Waals surface area (Å²) in [5.41, 5.74) is 0.588. The molecule has 0 unspecified atom stereocenters. The zero-order valence-electron chi connectivity index (χ0n) is 16.0. The second kappa shape index (κ2) is 9.43. The fraction of sp³-hybridized carbons (Fsp3) is 0.316. The standard InChI is InChI=1S/C19H24N2O6S/c1-4-5-10-27-15-8-6-13(11-17(15)26-3)19(22)21-14-7-9-16(25-2)18(12-14)28(20,23)24/h6-9,11-12H,4-5,10H2,1-3H3,(H,21,22)(H2,20,23,24). The molecule has 0 aliphatic rings. The van der Waals surface area contributed by atoms with Crippen molar-refractivity contribution >= 4 is 21.6 Å². The number of methoxy groups -OCH3 is 2.